The Morgan fingerprint density at radius 3 is 2.89 bits per heavy atom. The fourth-order valence-corrected chi connectivity index (χ4v) is 3.11. The number of nitrogens with one attached hydrogen (secondary N) is 1. The Labute approximate surface area is 117 Å². The monoisotopic (exact) mass is 310 g/mol. The molecule has 1 fully saturated rings. The maximum absolute atomic E-state index is 12.2. The van der Waals surface area contributed by atoms with Crippen LogP contribution in [0.4, 0.5) is 0 Å². The van der Waals surface area contributed by atoms with E-state index in [1.54, 1.807) is 18.3 Å². The highest BCUT2D eigenvalue weighted by Gasteiger charge is 2.27. The quantitative estimate of drug-likeness (QED) is 0.851. The minimum absolute atomic E-state index is 0.0265. The molecular formula is C14H19BrN2O. The highest BCUT2D eigenvalue weighted by Crippen LogP contribution is 2.29. The van der Waals surface area contributed by atoms with Gasteiger partial charge in [0.15, 0.2) is 0 Å². The van der Waals surface area contributed by atoms with Crippen molar-refractivity contribution in [3.05, 3.63) is 28.5 Å². The lowest BCUT2D eigenvalue weighted by Crippen LogP contribution is -2.42. The Morgan fingerprint density at radius 2 is 2.22 bits per heavy atom. The SMILES string of the molecule is CC1CCC(NC(=O)c2cccnc2Br)C(C)C1. The fourth-order valence-electron chi connectivity index (χ4n) is 2.68. The smallest absolute Gasteiger partial charge is 0.254 e. The van der Waals surface area contributed by atoms with Crippen LogP contribution in [0.25, 0.3) is 0 Å². The van der Waals surface area contributed by atoms with Crippen LogP contribution in [0.15, 0.2) is 22.9 Å². The van der Waals surface area contributed by atoms with Gasteiger partial charge in [-0.3, -0.25) is 4.79 Å². The summed E-state index contributed by atoms with van der Waals surface area (Å²) in [5.74, 6) is 1.30. The third-order valence-corrected chi connectivity index (χ3v) is 4.38. The lowest BCUT2D eigenvalue weighted by atomic mass is 9.80. The highest BCUT2D eigenvalue weighted by molar-refractivity contribution is 9.10. The molecule has 98 valence electrons. The Morgan fingerprint density at radius 1 is 1.44 bits per heavy atom. The van der Waals surface area contributed by atoms with Gasteiger partial charge in [-0.25, -0.2) is 4.98 Å². The molecule has 1 N–H and O–H groups in total. The number of hydrogen-bond donors (Lipinski definition) is 1. The molecular weight excluding hydrogens is 292 g/mol. The molecule has 1 saturated carbocycles. The van der Waals surface area contributed by atoms with Crippen LogP contribution in [0.2, 0.25) is 0 Å². The zero-order valence-electron chi connectivity index (χ0n) is 10.8. The van der Waals surface area contributed by atoms with Crippen molar-refractivity contribution in [2.24, 2.45) is 11.8 Å². The van der Waals surface area contributed by atoms with Crippen molar-refractivity contribution in [3.8, 4) is 0 Å². The van der Waals surface area contributed by atoms with Crippen LogP contribution in [-0.2, 0) is 0 Å². The number of hydrogen-bond acceptors (Lipinski definition) is 2. The number of rotatable bonds is 2. The molecule has 2 rings (SSSR count). The van der Waals surface area contributed by atoms with Crippen LogP contribution >= 0.6 is 15.9 Å². The molecule has 0 saturated heterocycles. The highest BCUT2D eigenvalue weighted by atomic mass is 79.9. The van der Waals surface area contributed by atoms with Crippen molar-refractivity contribution in [2.45, 2.75) is 39.2 Å². The van der Waals surface area contributed by atoms with Gasteiger partial charge in [0, 0.05) is 12.2 Å². The first-order valence-corrected chi connectivity index (χ1v) is 7.28. The minimum atomic E-state index is -0.0265. The van der Waals surface area contributed by atoms with Crippen molar-refractivity contribution in [1.29, 1.82) is 0 Å². The van der Waals surface area contributed by atoms with Gasteiger partial charge >= 0.3 is 0 Å². The van der Waals surface area contributed by atoms with E-state index < -0.39 is 0 Å². The summed E-state index contributed by atoms with van der Waals surface area (Å²) >= 11 is 3.31. The minimum Gasteiger partial charge on any atom is -0.349 e. The van der Waals surface area contributed by atoms with E-state index in [4.69, 9.17) is 0 Å². The predicted molar refractivity (Wildman–Crippen MR) is 75.4 cm³/mol. The van der Waals surface area contributed by atoms with E-state index in [0.29, 0.717) is 22.1 Å². The Bertz CT molecular complexity index is 436. The second kappa shape index (κ2) is 5.83. The van der Waals surface area contributed by atoms with Gasteiger partial charge in [-0.1, -0.05) is 13.8 Å². The van der Waals surface area contributed by atoms with Gasteiger partial charge in [0.1, 0.15) is 4.60 Å². The summed E-state index contributed by atoms with van der Waals surface area (Å²) in [6.07, 6.45) is 5.14. The first kappa shape index (κ1) is 13.5. The van der Waals surface area contributed by atoms with E-state index in [-0.39, 0.29) is 5.91 Å². The zero-order chi connectivity index (χ0) is 13.1. The van der Waals surface area contributed by atoms with E-state index in [1.807, 2.05) is 0 Å². The maximum Gasteiger partial charge on any atom is 0.254 e. The van der Waals surface area contributed by atoms with Crippen molar-refractivity contribution in [1.82, 2.24) is 10.3 Å². The lowest BCUT2D eigenvalue weighted by Gasteiger charge is -2.33. The van der Waals surface area contributed by atoms with E-state index in [1.165, 1.54) is 12.8 Å². The summed E-state index contributed by atoms with van der Waals surface area (Å²) in [7, 11) is 0. The second-order valence-corrected chi connectivity index (χ2v) is 6.07. The van der Waals surface area contributed by atoms with Crippen LogP contribution < -0.4 is 5.32 Å². The van der Waals surface area contributed by atoms with Crippen LogP contribution in [0.3, 0.4) is 0 Å². The summed E-state index contributed by atoms with van der Waals surface area (Å²) in [4.78, 5) is 16.3. The fraction of sp³-hybridized carbons (Fsp3) is 0.571. The Kier molecular flexibility index (Phi) is 4.38. The molecule has 18 heavy (non-hydrogen) atoms. The molecule has 0 radical (unpaired) electrons. The number of halogens is 1. The summed E-state index contributed by atoms with van der Waals surface area (Å²) in [5.41, 5.74) is 0.614. The molecule has 1 aromatic heterocycles. The van der Waals surface area contributed by atoms with Crippen molar-refractivity contribution >= 4 is 21.8 Å². The van der Waals surface area contributed by atoms with Gasteiger partial charge in [-0.15, -0.1) is 0 Å². The second-order valence-electron chi connectivity index (χ2n) is 5.32. The first-order chi connectivity index (χ1) is 8.58. The molecule has 1 aliphatic carbocycles. The number of pyridine rings is 1. The summed E-state index contributed by atoms with van der Waals surface area (Å²) < 4.78 is 0.610. The lowest BCUT2D eigenvalue weighted by molar-refractivity contribution is 0.0898. The molecule has 1 aliphatic rings. The molecule has 3 atom stereocenters. The largest absolute Gasteiger partial charge is 0.349 e. The number of carbonyl (C=O) groups excluding carboxylic acids is 1. The molecule has 0 bridgehead atoms. The molecule has 3 unspecified atom stereocenters. The third kappa shape index (κ3) is 3.10. The predicted octanol–water partition coefficient (Wildman–Crippen LogP) is 3.40. The number of nitrogens with zero attached hydrogens (tertiary/aromatic N) is 1. The molecule has 3 nitrogen and oxygen atoms in total. The van der Waals surface area contributed by atoms with E-state index in [0.717, 1.165) is 12.3 Å². The number of aromatic nitrogens is 1. The van der Waals surface area contributed by atoms with Gasteiger partial charge in [0.25, 0.3) is 5.91 Å². The first-order valence-electron chi connectivity index (χ1n) is 6.49. The van der Waals surface area contributed by atoms with E-state index in [2.05, 4.69) is 40.1 Å². The molecule has 4 heteroatoms. The van der Waals surface area contributed by atoms with E-state index in [9.17, 15) is 4.79 Å². The van der Waals surface area contributed by atoms with Crippen molar-refractivity contribution in [3.63, 3.8) is 0 Å². The van der Waals surface area contributed by atoms with E-state index >= 15 is 0 Å². The molecule has 0 aliphatic heterocycles. The average Bonchev–Trinajstić information content (AvgIpc) is 2.33. The molecule has 1 heterocycles. The van der Waals surface area contributed by atoms with Crippen LogP contribution in [0.1, 0.15) is 43.5 Å². The summed E-state index contributed by atoms with van der Waals surface area (Å²) in [5, 5.41) is 3.14. The summed E-state index contributed by atoms with van der Waals surface area (Å²) in [6, 6.07) is 3.87. The van der Waals surface area contributed by atoms with Crippen LogP contribution in [0, 0.1) is 11.8 Å². The number of carbonyl (C=O) groups is 1. The average molecular weight is 311 g/mol. The zero-order valence-corrected chi connectivity index (χ0v) is 12.4. The molecule has 1 amide bonds. The van der Waals surface area contributed by atoms with Gasteiger partial charge in [-0.05, 0) is 59.2 Å². The van der Waals surface area contributed by atoms with Crippen molar-refractivity contribution in [2.75, 3.05) is 0 Å². The van der Waals surface area contributed by atoms with Gasteiger partial charge in [0.2, 0.25) is 0 Å². The molecule has 0 aromatic carbocycles. The Hall–Kier alpha value is -0.900. The van der Waals surface area contributed by atoms with Crippen LogP contribution in [0.5, 0.6) is 0 Å². The number of amides is 1. The standard InChI is InChI=1S/C14H19BrN2O/c1-9-5-6-12(10(2)8-9)17-14(18)11-4-3-7-16-13(11)15/h3-4,7,9-10,12H,5-6,8H2,1-2H3,(H,17,18). The third-order valence-electron chi connectivity index (χ3n) is 3.75. The maximum atomic E-state index is 12.2. The van der Waals surface area contributed by atoms with Crippen LogP contribution in [-0.4, -0.2) is 16.9 Å². The van der Waals surface area contributed by atoms with Gasteiger partial charge < -0.3 is 5.32 Å². The normalized spacial score (nSPS) is 27.8. The van der Waals surface area contributed by atoms with Gasteiger partial charge in [-0.2, -0.15) is 0 Å². The molecule has 1 aromatic rings. The van der Waals surface area contributed by atoms with Crippen molar-refractivity contribution < 1.29 is 4.79 Å². The Balaban J connectivity index is 2.02. The van der Waals surface area contributed by atoms with Gasteiger partial charge in [0.05, 0.1) is 5.56 Å². The summed E-state index contributed by atoms with van der Waals surface area (Å²) in [6.45, 7) is 4.51. The topological polar surface area (TPSA) is 42.0 Å². The molecule has 0 spiro atoms.